The Labute approximate surface area is 103 Å². The standard InChI is InChI=1S/C13H21FN2O/c1-16(9-7-15-8-10-17-2)11-12-5-3-4-6-13(12)14/h3-6,15H,7-11H2,1-2H3. The van der Waals surface area contributed by atoms with Crippen molar-refractivity contribution in [3.05, 3.63) is 35.6 Å². The van der Waals surface area contributed by atoms with E-state index in [0.29, 0.717) is 6.54 Å². The SMILES string of the molecule is COCCNCCN(C)Cc1ccccc1F. The second-order valence-corrected chi connectivity index (χ2v) is 4.07. The molecule has 0 aliphatic carbocycles. The van der Waals surface area contributed by atoms with Gasteiger partial charge in [-0.05, 0) is 13.1 Å². The van der Waals surface area contributed by atoms with Crippen molar-refractivity contribution in [2.24, 2.45) is 0 Å². The molecular formula is C13H21FN2O. The molecule has 0 heterocycles. The fourth-order valence-corrected chi connectivity index (χ4v) is 1.57. The quantitative estimate of drug-likeness (QED) is 0.697. The molecule has 0 bridgehead atoms. The van der Waals surface area contributed by atoms with Crippen molar-refractivity contribution in [1.82, 2.24) is 10.2 Å². The Morgan fingerprint density at radius 1 is 1.29 bits per heavy atom. The van der Waals surface area contributed by atoms with Crippen LogP contribution in [0.4, 0.5) is 4.39 Å². The molecule has 1 aromatic rings. The zero-order valence-electron chi connectivity index (χ0n) is 10.6. The second-order valence-electron chi connectivity index (χ2n) is 4.07. The minimum atomic E-state index is -0.133. The Morgan fingerprint density at radius 3 is 2.76 bits per heavy atom. The van der Waals surface area contributed by atoms with E-state index in [9.17, 15) is 4.39 Å². The summed E-state index contributed by atoms with van der Waals surface area (Å²) in [4.78, 5) is 2.10. The summed E-state index contributed by atoms with van der Waals surface area (Å²) >= 11 is 0. The molecule has 96 valence electrons. The Hall–Kier alpha value is -0.970. The number of rotatable bonds is 8. The highest BCUT2D eigenvalue weighted by Crippen LogP contribution is 2.08. The average Bonchev–Trinajstić information content (AvgIpc) is 2.32. The van der Waals surface area contributed by atoms with Crippen LogP contribution in [0.1, 0.15) is 5.56 Å². The van der Waals surface area contributed by atoms with Gasteiger partial charge in [0, 0.05) is 38.9 Å². The lowest BCUT2D eigenvalue weighted by Gasteiger charge is -2.17. The number of ether oxygens (including phenoxy) is 1. The van der Waals surface area contributed by atoms with Crippen LogP contribution in [0.2, 0.25) is 0 Å². The second kappa shape index (κ2) is 8.17. The number of nitrogens with zero attached hydrogens (tertiary/aromatic N) is 1. The minimum absolute atomic E-state index is 0.133. The maximum absolute atomic E-state index is 13.4. The van der Waals surface area contributed by atoms with Gasteiger partial charge in [-0.2, -0.15) is 0 Å². The van der Waals surface area contributed by atoms with Crippen molar-refractivity contribution < 1.29 is 9.13 Å². The third-order valence-corrected chi connectivity index (χ3v) is 2.55. The Morgan fingerprint density at radius 2 is 2.06 bits per heavy atom. The van der Waals surface area contributed by atoms with E-state index in [2.05, 4.69) is 10.2 Å². The summed E-state index contributed by atoms with van der Waals surface area (Å²) in [5.41, 5.74) is 0.742. The molecule has 0 saturated carbocycles. The zero-order chi connectivity index (χ0) is 12.5. The maximum Gasteiger partial charge on any atom is 0.127 e. The largest absolute Gasteiger partial charge is 0.383 e. The third kappa shape index (κ3) is 5.77. The Kier molecular flexibility index (Phi) is 6.77. The fourth-order valence-electron chi connectivity index (χ4n) is 1.57. The van der Waals surface area contributed by atoms with Gasteiger partial charge in [-0.3, -0.25) is 0 Å². The van der Waals surface area contributed by atoms with Crippen LogP contribution >= 0.6 is 0 Å². The van der Waals surface area contributed by atoms with E-state index in [0.717, 1.165) is 31.8 Å². The summed E-state index contributed by atoms with van der Waals surface area (Å²) in [6.07, 6.45) is 0. The number of benzene rings is 1. The van der Waals surface area contributed by atoms with Crippen LogP contribution in [-0.4, -0.2) is 45.3 Å². The molecule has 0 spiro atoms. The van der Waals surface area contributed by atoms with Crippen LogP contribution in [0.25, 0.3) is 0 Å². The molecule has 0 unspecified atom stereocenters. The highest BCUT2D eigenvalue weighted by molar-refractivity contribution is 5.16. The summed E-state index contributed by atoms with van der Waals surface area (Å²) in [5, 5.41) is 3.26. The lowest BCUT2D eigenvalue weighted by Crippen LogP contribution is -2.30. The molecule has 0 aliphatic heterocycles. The normalized spacial score (nSPS) is 11.1. The van der Waals surface area contributed by atoms with Crippen LogP contribution in [0.5, 0.6) is 0 Å². The number of methoxy groups -OCH3 is 1. The molecule has 1 rings (SSSR count). The molecule has 4 heteroatoms. The number of hydrogen-bond donors (Lipinski definition) is 1. The Balaban J connectivity index is 2.21. The molecule has 17 heavy (non-hydrogen) atoms. The van der Waals surface area contributed by atoms with Gasteiger partial charge >= 0.3 is 0 Å². The number of nitrogens with one attached hydrogen (secondary N) is 1. The highest BCUT2D eigenvalue weighted by atomic mass is 19.1. The molecule has 0 amide bonds. The van der Waals surface area contributed by atoms with E-state index in [4.69, 9.17) is 4.74 Å². The Bertz CT molecular complexity index is 320. The molecule has 3 nitrogen and oxygen atoms in total. The van der Waals surface area contributed by atoms with Gasteiger partial charge in [-0.1, -0.05) is 18.2 Å². The van der Waals surface area contributed by atoms with Crippen LogP contribution < -0.4 is 5.32 Å². The topological polar surface area (TPSA) is 24.5 Å². The van der Waals surface area contributed by atoms with Crippen molar-refractivity contribution in [2.45, 2.75) is 6.54 Å². The van der Waals surface area contributed by atoms with Gasteiger partial charge in [0.2, 0.25) is 0 Å². The molecule has 0 aromatic heterocycles. The van der Waals surface area contributed by atoms with Crippen molar-refractivity contribution in [2.75, 3.05) is 40.4 Å². The number of hydrogen-bond acceptors (Lipinski definition) is 3. The third-order valence-electron chi connectivity index (χ3n) is 2.55. The monoisotopic (exact) mass is 240 g/mol. The van der Waals surface area contributed by atoms with E-state index >= 15 is 0 Å². The van der Waals surface area contributed by atoms with E-state index < -0.39 is 0 Å². The van der Waals surface area contributed by atoms with Gasteiger partial charge in [-0.25, -0.2) is 4.39 Å². The summed E-state index contributed by atoms with van der Waals surface area (Å²) in [5.74, 6) is -0.133. The molecule has 0 fully saturated rings. The smallest absolute Gasteiger partial charge is 0.127 e. The highest BCUT2D eigenvalue weighted by Gasteiger charge is 2.04. The predicted octanol–water partition coefficient (Wildman–Crippen LogP) is 1.49. The van der Waals surface area contributed by atoms with Crippen molar-refractivity contribution in [3.63, 3.8) is 0 Å². The van der Waals surface area contributed by atoms with Gasteiger partial charge in [0.25, 0.3) is 0 Å². The van der Waals surface area contributed by atoms with Crippen LogP contribution in [0, 0.1) is 5.82 Å². The minimum Gasteiger partial charge on any atom is -0.383 e. The fraction of sp³-hybridized carbons (Fsp3) is 0.538. The van der Waals surface area contributed by atoms with E-state index in [-0.39, 0.29) is 5.82 Å². The van der Waals surface area contributed by atoms with E-state index in [1.807, 2.05) is 19.2 Å². The molecule has 1 aromatic carbocycles. The van der Waals surface area contributed by atoms with Gasteiger partial charge in [0.15, 0.2) is 0 Å². The average molecular weight is 240 g/mol. The summed E-state index contributed by atoms with van der Waals surface area (Å²) in [7, 11) is 3.68. The molecule has 0 radical (unpaired) electrons. The van der Waals surface area contributed by atoms with Gasteiger partial charge < -0.3 is 15.0 Å². The van der Waals surface area contributed by atoms with Crippen LogP contribution in [0.15, 0.2) is 24.3 Å². The van der Waals surface area contributed by atoms with Gasteiger partial charge in [0.1, 0.15) is 5.82 Å². The van der Waals surface area contributed by atoms with Crippen molar-refractivity contribution in [3.8, 4) is 0 Å². The summed E-state index contributed by atoms with van der Waals surface area (Å²) in [6.45, 7) is 3.98. The number of likely N-dealkylation sites (N-methyl/N-ethyl adjacent to an activating group) is 1. The summed E-state index contributed by atoms with van der Waals surface area (Å²) < 4.78 is 18.3. The van der Waals surface area contributed by atoms with Gasteiger partial charge in [-0.15, -0.1) is 0 Å². The number of halogens is 1. The lowest BCUT2D eigenvalue weighted by atomic mass is 10.2. The van der Waals surface area contributed by atoms with Crippen LogP contribution in [0.3, 0.4) is 0 Å². The first-order valence-electron chi connectivity index (χ1n) is 5.85. The summed E-state index contributed by atoms with van der Waals surface area (Å²) in [6, 6.07) is 6.90. The van der Waals surface area contributed by atoms with Crippen molar-refractivity contribution in [1.29, 1.82) is 0 Å². The molecule has 0 atom stereocenters. The lowest BCUT2D eigenvalue weighted by molar-refractivity contribution is 0.197. The van der Waals surface area contributed by atoms with Crippen molar-refractivity contribution >= 4 is 0 Å². The molecule has 1 N–H and O–H groups in total. The maximum atomic E-state index is 13.4. The molecule has 0 aliphatic rings. The zero-order valence-corrected chi connectivity index (χ0v) is 10.6. The first-order chi connectivity index (χ1) is 8.24. The molecule has 0 saturated heterocycles. The predicted molar refractivity (Wildman–Crippen MR) is 67.5 cm³/mol. The molecular weight excluding hydrogens is 219 g/mol. The van der Waals surface area contributed by atoms with E-state index in [1.165, 1.54) is 6.07 Å². The first-order valence-corrected chi connectivity index (χ1v) is 5.85. The van der Waals surface area contributed by atoms with Crippen LogP contribution in [-0.2, 0) is 11.3 Å². The first kappa shape index (κ1) is 14.1. The van der Waals surface area contributed by atoms with E-state index in [1.54, 1.807) is 13.2 Å². The van der Waals surface area contributed by atoms with Gasteiger partial charge in [0.05, 0.1) is 6.61 Å².